The fourth-order valence-corrected chi connectivity index (χ4v) is 4.01. The van der Waals surface area contributed by atoms with Crippen LogP contribution in [0.2, 0.25) is 0 Å². The van der Waals surface area contributed by atoms with E-state index in [1.807, 2.05) is 0 Å². The predicted octanol–water partition coefficient (Wildman–Crippen LogP) is 6.35. The second-order valence-electron chi connectivity index (χ2n) is 6.31. The molecule has 0 radical (unpaired) electrons. The topological polar surface area (TPSA) is 0 Å². The molecule has 5 aromatic rings. The van der Waals surface area contributed by atoms with E-state index >= 15 is 0 Å². The Morgan fingerprint density at radius 1 is 0.545 bits per heavy atom. The Morgan fingerprint density at radius 2 is 1.23 bits per heavy atom. The summed E-state index contributed by atoms with van der Waals surface area (Å²) in [5, 5.41) is 11.1. The molecule has 0 saturated heterocycles. The van der Waals surface area contributed by atoms with Crippen molar-refractivity contribution in [2.75, 3.05) is 0 Å². The lowest BCUT2D eigenvalue weighted by molar-refractivity contribution is 1.40. The molecule has 5 rings (SSSR count). The van der Waals surface area contributed by atoms with Crippen LogP contribution in [0.25, 0.3) is 43.1 Å². The molecule has 0 aliphatic rings. The molecule has 0 aliphatic carbocycles. The van der Waals surface area contributed by atoms with Gasteiger partial charge in [0, 0.05) is 0 Å². The van der Waals surface area contributed by atoms with Gasteiger partial charge in [0.15, 0.2) is 0 Å². The first-order chi connectivity index (χ1) is 10.8. The van der Waals surface area contributed by atoms with E-state index < -0.39 is 0 Å². The molecule has 5 aromatic carbocycles. The van der Waals surface area contributed by atoms with Crippen LogP contribution in [0, 0.1) is 13.8 Å². The van der Waals surface area contributed by atoms with Crippen LogP contribution in [0.1, 0.15) is 11.1 Å². The van der Waals surface area contributed by atoms with Gasteiger partial charge >= 0.3 is 0 Å². The fourth-order valence-electron chi connectivity index (χ4n) is 4.01. The molecule has 0 fully saturated rings. The van der Waals surface area contributed by atoms with Gasteiger partial charge in [0.2, 0.25) is 0 Å². The lowest BCUT2D eigenvalue weighted by Gasteiger charge is -2.17. The smallest absolute Gasteiger partial charge is 0.00175 e. The van der Waals surface area contributed by atoms with Crippen molar-refractivity contribution in [2.45, 2.75) is 13.8 Å². The highest BCUT2D eigenvalue weighted by molar-refractivity contribution is 6.34. The average molecular weight is 280 g/mol. The Morgan fingerprint density at radius 3 is 2.09 bits per heavy atom. The van der Waals surface area contributed by atoms with E-state index in [0.717, 1.165) is 0 Å². The first kappa shape index (κ1) is 12.0. The van der Waals surface area contributed by atoms with E-state index in [0.29, 0.717) is 0 Å². The van der Waals surface area contributed by atoms with Gasteiger partial charge in [0.25, 0.3) is 0 Å². The van der Waals surface area contributed by atoms with Gasteiger partial charge in [0.1, 0.15) is 0 Å². The first-order valence-electron chi connectivity index (χ1n) is 7.81. The van der Waals surface area contributed by atoms with Crippen molar-refractivity contribution in [1.29, 1.82) is 0 Å². The Balaban J connectivity index is 2.32. The van der Waals surface area contributed by atoms with Crippen molar-refractivity contribution < 1.29 is 0 Å². The van der Waals surface area contributed by atoms with Crippen LogP contribution >= 0.6 is 0 Å². The largest absolute Gasteiger partial charge is 0.0616 e. The van der Waals surface area contributed by atoms with E-state index in [1.165, 1.54) is 54.2 Å². The molecule has 0 saturated carbocycles. The molecule has 104 valence electrons. The van der Waals surface area contributed by atoms with Crippen LogP contribution in [0.15, 0.2) is 60.7 Å². The second kappa shape index (κ2) is 3.98. The molecule has 22 heavy (non-hydrogen) atoms. The van der Waals surface area contributed by atoms with Crippen molar-refractivity contribution in [3.8, 4) is 0 Å². The number of aryl methyl sites for hydroxylation is 2. The molecular formula is C22H16. The van der Waals surface area contributed by atoms with Crippen molar-refractivity contribution in [2.24, 2.45) is 0 Å². The van der Waals surface area contributed by atoms with Gasteiger partial charge in [-0.25, -0.2) is 0 Å². The zero-order valence-corrected chi connectivity index (χ0v) is 12.8. The number of rotatable bonds is 0. The monoisotopic (exact) mass is 280 g/mol. The maximum atomic E-state index is 2.33. The third-order valence-corrected chi connectivity index (χ3v) is 5.15. The minimum absolute atomic E-state index is 1.34. The maximum absolute atomic E-state index is 2.33. The minimum atomic E-state index is 1.34. The molecule has 0 amide bonds. The van der Waals surface area contributed by atoms with Gasteiger partial charge in [-0.2, -0.15) is 0 Å². The summed E-state index contributed by atoms with van der Waals surface area (Å²) in [6, 6.07) is 22.3. The molecule has 0 aliphatic heterocycles. The van der Waals surface area contributed by atoms with Crippen molar-refractivity contribution in [3.05, 3.63) is 71.8 Å². The van der Waals surface area contributed by atoms with Gasteiger partial charge in [-0.05, 0) is 68.1 Å². The standard InChI is InChI=1S/C22H16/c1-13-12-16-11-10-15-6-5-9-19-17-7-3-4-8-18(17)20(14(13)2)22(16)21(15)19/h3-12H,1-2H3. The predicted molar refractivity (Wildman–Crippen MR) is 97.1 cm³/mol. The Hall–Kier alpha value is -2.60. The summed E-state index contributed by atoms with van der Waals surface area (Å²) in [7, 11) is 0. The molecule has 0 heterocycles. The lowest BCUT2D eigenvalue weighted by Crippen LogP contribution is -1.91. The summed E-state index contributed by atoms with van der Waals surface area (Å²) in [4.78, 5) is 0. The normalized spacial score (nSPS) is 12.1. The van der Waals surface area contributed by atoms with Crippen LogP contribution in [0.3, 0.4) is 0 Å². The van der Waals surface area contributed by atoms with Gasteiger partial charge in [-0.15, -0.1) is 0 Å². The molecule has 0 atom stereocenters. The molecule has 0 aromatic heterocycles. The van der Waals surface area contributed by atoms with Crippen LogP contribution in [0.4, 0.5) is 0 Å². The second-order valence-corrected chi connectivity index (χ2v) is 6.31. The van der Waals surface area contributed by atoms with E-state index in [1.54, 1.807) is 0 Å². The average Bonchev–Trinajstić information content (AvgIpc) is 2.56. The third kappa shape index (κ3) is 1.33. The zero-order chi connectivity index (χ0) is 14.8. The lowest BCUT2D eigenvalue weighted by atomic mass is 9.86. The van der Waals surface area contributed by atoms with Gasteiger partial charge in [-0.3, -0.25) is 0 Å². The van der Waals surface area contributed by atoms with E-state index in [4.69, 9.17) is 0 Å². The summed E-state index contributed by atoms with van der Waals surface area (Å²) in [6.45, 7) is 4.48. The summed E-state index contributed by atoms with van der Waals surface area (Å²) in [6.07, 6.45) is 0. The molecule has 0 unspecified atom stereocenters. The molecule has 0 bridgehead atoms. The van der Waals surface area contributed by atoms with Crippen LogP contribution in [-0.4, -0.2) is 0 Å². The highest BCUT2D eigenvalue weighted by atomic mass is 14.2. The van der Waals surface area contributed by atoms with Crippen LogP contribution in [0.5, 0.6) is 0 Å². The number of hydrogen-bond donors (Lipinski definition) is 0. The summed E-state index contributed by atoms with van der Waals surface area (Å²) in [5.74, 6) is 0. The highest BCUT2D eigenvalue weighted by Gasteiger charge is 2.15. The Kier molecular flexibility index (Phi) is 2.17. The zero-order valence-electron chi connectivity index (χ0n) is 12.8. The summed E-state index contributed by atoms with van der Waals surface area (Å²) in [5.41, 5.74) is 2.78. The SMILES string of the molecule is Cc1cc2ccc3cccc4c5ccccc5c(c1C)c2c34. The molecule has 0 spiro atoms. The van der Waals surface area contributed by atoms with E-state index in [9.17, 15) is 0 Å². The minimum Gasteiger partial charge on any atom is -0.0616 e. The number of fused-ring (bicyclic) bond motifs is 3. The Bertz CT molecular complexity index is 1180. The fraction of sp³-hybridized carbons (Fsp3) is 0.0909. The summed E-state index contributed by atoms with van der Waals surface area (Å²) < 4.78 is 0. The van der Waals surface area contributed by atoms with Crippen molar-refractivity contribution >= 4 is 43.1 Å². The highest BCUT2D eigenvalue weighted by Crippen LogP contribution is 2.42. The molecular weight excluding hydrogens is 264 g/mol. The molecule has 0 nitrogen and oxygen atoms in total. The number of benzene rings is 5. The van der Waals surface area contributed by atoms with E-state index in [2.05, 4.69) is 74.5 Å². The van der Waals surface area contributed by atoms with Crippen molar-refractivity contribution in [3.63, 3.8) is 0 Å². The number of hydrogen-bond acceptors (Lipinski definition) is 0. The first-order valence-corrected chi connectivity index (χ1v) is 7.81. The maximum Gasteiger partial charge on any atom is -0.00175 e. The molecule has 0 N–H and O–H groups in total. The van der Waals surface area contributed by atoms with E-state index in [-0.39, 0.29) is 0 Å². The third-order valence-electron chi connectivity index (χ3n) is 5.15. The summed E-state index contributed by atoms with van der Waals surface area (Å²) >= 11 is 0. The van der Waals surface area contributed by atoms with Gasteiger partial charge in [-0.1, -0.05) is 60.7 Å². The van der Waals surface area contributed by atoms with Crippen LogP contribution < -0.4 is 0 Å². The van der Waals surface area contributed by atoms with Gasteiger partial charge < -0.3 is 0 Å². The van der Waals surface area contributed by atoms with Crippen LogP contribution in [-0.2, 0) is 0 Å². The Labute approximate surface area is 129 Å². The quantitative estimate of drug-likeness (QED) is 0.229. The van der Waals surface area contributed by atoms with Gasteiger partial charge in [0.05, 0.1) is 0 Å². The van der Waals surface area contributed by atoms with Crippen molar-refractivity contribution in [1.82, 2.24) is 0 Å². The molecule has 0 heteroatoms.